The maximum absolute atomic E-state index is 13.9. The van der Waals surface area contributed by atoms with E-state index in [4.69, 9.17) is 23.7 Å². The van der Waals surface area contributed by atoms with Crippen molar-refractivity contribution in [1.29, 1.82) is 0 Å². The molecule has 0 saturated carbocycles. The molecule has 0 atom stereocenters. The van der Waals surface area contributed by atoms with E-state index in [9.17, 15) is 4.79 Å². The van der Waals surface area contributed by atoms with Crippen molar-refractivity contribution in [3.05, 3.63) is 71.5 Å². The number of aromatic amines is 1. The summed E-state index contributed by atoms with van der Waals surface area (Å²) in [6.45, 7) is 0.979. The molecular formula is C27H24N2O6. The molecule has 0 fully saturated rings. The molecule has 3 aromatic carbocycles. The van der Waals surface area contributed by atoms with Gasteiger partial charge in [-0.05, 0) is 48.0 Å². The number of nitrogens with one attached hydrogen (secondary N) is 1. The van der Waals surface area contributed by atoms with E-state index < -0.39 is 0 Å². The predicted octanol–water partition coefficient (Wildman–Crippen LogP) is 4.78. The van der Waals surface area contributed by atoms with E-state index in [0.29, 0.717) is 58.9 Å². The molecular weight excluding hydrogens is 448 g/mol. The number of carbonyl (C=O) groups excluding carboxylic acids is 1. The highest BCUT2D eigenvalue weighted by atomic mass is 16.6. The Kier molecular flexibility index (Phi) is 6.01. The molecule has 0 bridgehead atoms. The highest BCUT2D eigenvalue weighted by Gasteiger charge is 2.23. The molecule has 0 saturated heterocycles. The van der Waals surface area contributed by atoms with E-state index in [2.05, 4.69) is 9.97 Å². The van der Waals surface area contributed by atoms with Gasteiger partial charge >= 0.3 is 0 Å². The third-order valence-electron chi connectivity index (χ3n) is 5.69. The lowest BCUT2D eigenvalue weighted by Gasteiger charge is -2.18. The number of ether oxygens (including phenoxy) is 5. The Bertz CT molecular complexity index is 1380. The fourth-order valence-corrected chi connectivity index (χ4v) is 4.01. The molecule has 178 valence electrons. The van der Waals surface area contributed by atoms with Gasteiger partial charge in [-0.1, -0.05) is 18.2 Å². The molecule has 35 heavy (non-hydrogen) atoms. The van der Waals surface area contributed by atoms with Gasteiger partial charge < -0.3 is 28.7 Å². The summed E-state index contributed by atoms with van der Waals surface area (Å²) in [6, 6.07) is 16.4. The second kappa shape index (κ2) is 9.42. The minimum atomic E-state index is -0.266. The van der Waals surface area contributed by atoms with Crippen LogP contribution in [0.2, 0.25) is 0 Å². The number of H-pyrrole nitrogens is 1. The van der Waals surface area contributed by atoms with Gasteiger partial charge in [0, 0.05) is 5.56 Å². The van der Waals surface area contributed by atoms with Crippen molar-refractivity contribution in [3.63, 3.8) is 0 Å². The smallest absolute Gasteiger partial charge is 0.203 e. The number of methoxy groups -OCH3 is 3. The highest BCUT2D eigenvalue weighted by Crippen LogP contribution is 2.39. The lowest BCUT2D eigenvalue weighted by molar-refractivity contribution is 0.105. The van der Waals surface area contributed by atoms with E-state index >= 15 is 0 Å². The number of hydrogen-bond acceptors (Lipinski definition) is 7. The summed E-state index contributed by atoms with van der Waals surface area (Å²) in [5.74, 6) is 2.67. The Morgan fingerprint density at radius 1 is 0.914 bits per heavy atom. The maximum Gasteiger partial charge on any atom is 0.203 e. The fourth-order valence-electron chi connectivity index (χ4n) is 4.01. The van der Waals surface area contributed by atoms with Crippen LogP contribution >= 0.6 is 0 Å². The second-order valence-corrected chi connectivity index (χ2v) is 7.81. The minimum absolute atomic E-state index is 0.266. The number of aromatic nitrogens is 2. The number of para-hydroxylation sites is 2. The van der Waals surface area contributed by atoms with Crippen LogP contribution in [0.25, 0.3) is 22.7 Å². The van der Waals surface area contributed by atoms with Crippen LogP contribution in [0, 0.1) is 0 Å². The van der Waals surface area contributed by atoms with Gasteiger partial charge in [-0.15, -0.1) is 0 Å². The van der Waals surface area contributed by atoms with Crippen LogP contribution in [-0.4, -0.2) is 50.3 Å². The molecule has 1 N–H and O–H groups in total. The molecule has 0 radical (unpaired) electrons. The van der Waals surface area contributed by atoms with Gasteiger partial charge in [0.05, 0.1) is 37.9 Å². The number of imidazole rings is 1. The van der Waals surface area contributed by atoms with E-state index in [0.717, 1.165) is 16.6 Å². The quantitative estimate of drug-likeness (QED) is 0.306. The number of Topliss-reactive ketones (excluding diaryl/α,β-unsaturated/α-hetero) is 1. The molecule has 2 heterocycles. The molecule has 0 amide bonds. The third-order valence-corrected chi connectivity index (χ3v) is 5.69. The number of fused-ring (bicyclic) bond motifs is 2. The first kappa shape index (κ1) is 22.3. The summed E-state index contributed by atoms with van der Waals surface area (Å²) in [7, 11) is 4.54. The first-order valence-electron chi connectivity index (χ1n) is 11.0. The van der Waals surface area contributed by atoms with Crippen LogP contribution in [0.1, 0.15) is 21.7 Å². The van der Waals surface area contributed by atoms with Crippen molar-refractivity contribution < 1.29 is 28.5 Å². The van der Waals surface area contributed by atoms with Crippen molar-refractivity contribution in [2.45, 2.75) is 0 Å². The number of ketones is 1. The minimum Gasteiger partial charge on any atom is -0.493 e. The van der Waals surface area contributed by atoms with Crippen molar-refractivity contribution in [1.82, 2.24) is 9.97 Å². The Morgan fingerprint density at radius 2 is 1.63 bits per heavy atom. The first-order chi connectivity index (χ1) is 17.1. The first-order valence-corrected chi connectivity index (χ1v) is 11.0. The summed E-state index contributed by atoms with van der Waals surface area (Å²) in [4.78, 5) is 21.9. The number of rotatable bonds is 7. The van der Waals surface area contributed by atoms with E-state index in [1.807, 2.05) is 42.5 Å². The molecule has 1 aliphatic heterocycles. The highest BCUT2D eigenvalue weighted by molar-refractivity contribution is 6.32. The van der Waals surface area contributed by atoms with Crippen LogP contribution in [0.3, 0.4) is 0 Å². The summed E-state index contributed by atoms with van der Waals surface area (Å²) in [6.07, 6.45) is 1.78. The Morgan fingerprint density at radius 3 is 2.31 bits per heavy atom. The van der Waals surface area contributed by atoms with Crippen molar-refractivity contribution >= 4 is 28.5 Å². The lowest BCUT2D eigenvalue weighted by Crippen LogP contribution is -2.15. The van der Waals surface area contributed by atoms with Gasteiger partial charge in [-0.2, -0.15) is 0 Å². The van der Waals surface area contributed by atoms with Gasteiger partial charge in [-0.25, -0.2) is 4.98 Å². The average Bonchev–Trinajstić information content (AvgIpc) is 3.34. The van der Waals surface area contributed by atoms with Crippen molar-refractivity contribution in [2.24, 2.45) is 0 Å². The normalized spacial score (nSPS) is 12.9. The summed E-state index contributed by atoms with van der Waals surface area (Å²) in [5, 5.41) is 0. The molecule has 8 heteroatoms. The van der Waals surface area contributed by atoms with Gasteiger partial charge in [0.2, 0.25) is 5.75 Å². The second-order valence-electron chi connectivity index (χ2n) is 7.81. The Balaban J connectivity index is 1.65. The van der Waals surface area contributed by atoms with Gasteiger partial charge in [0.25, 0.3) is 0 Å². The van der Waals surface area contributed by atoms with E-state index in [1.54, 1.807) is 18.2 Å². The van der Waals surface area contributed by atoms with E-state index in [1.165, 1.54) is 21.3 Å². The molecule has 0 spiro atoms. The zero-order chi connectivity index (χ0) is 24.4. The summed E-state index contributed by atoms with van der Waals surface area (Å²) >= 11 is 0. The van der Waals surface area contributed by atoms with Crippen LogP contribution in [0.4, 0.5) is 0 Å². The van der Waals surface area contributed by atoms with Crippen LogP contribution in [0.15, 0.2) is 54.6 Å². The zero-order valence-corrected chi connectivity index (χ0v) is 19.6. The largest absolute Gasteiger partial charge is 0.493 e. The standard InChI is InChI=1S/C27H24N2O6/c1-31-23-14-17(15-24(32-2)26(23)33-3)25(30)18(27-28-19-6-4-5-7-20(19)29-27)12-16-8-9-21-22(13-16)35-11-10-34-21/h4-9,12-15H,10-11H2,1-3H3,(H,28,29)/b18-12-. The summed E-state index contributed by atoms with van der Waals surface area (Å²) < 4.78 is 27.7. The van der Waals surface area contributed by atoms with Crippen LogP contribution in [-0.2, 0) is 0 Å². The van der Waals surface area contributed by atoms with Gasteiger partial charge in [-0.3, -0.25) is 4.79 Å². The van der Waals surface area contributed by atoms with E-state index in [-0.39, 0.29) is 5.78 Å². The summed E-state index contributed by atoms with van der Waals surface area (Å²) in [5.41, 5.74) is 3.09. The average molecular weight is 472 g/mol. The van der Waals surface area contributed by atoms with Crippen molar-refractivity contribution in [2.75, 3.05) is 34.5 Å². The topological polar surface area (TPSA) is 91.9 Å². The molecule has 4 aromatic rings. The Labute approximate surface area is 202 Å². The fraction of sp³-hybridized carbons (Fsp3) is 0.185. The number of carbonyl (C=O) groups is 1. The number of nitrogens with zero attached hydrogens (tertiary/aromatic N) is 1. The third kappa shape index (κ3) is 4.26. The van der Waals surface area contributed by atoms with Crippen LogP contribution in [0.5, 0.6) is 28.7 Å². The number of benzene rings is 3. The molecule has 0 aliphatic carbocycles. The number of hydrogen-bond donors (Lipinski definition) is 1. The SMILES string of the molecule is COc1cc(C(=O)/C(=C/c2ccc3c(c2)OCCO3)c2nc3ccccc3[nH]2)cc(OC)c1OC. The van der Waals surface area contributed by atoms with Gasteiger partial charge in [0.1, 0.15) is 19.0 Å². The lowest BCUT2D eigenvalue weighted by atomic mass is 9.99. The zero-order valence-electron chi connectivity index (χ0n) is 19.6. The number of allylic oxidation sites excluding steroid dienone is 1. The molecule has 1 aliphatic rings. The molecule has 0 unspecified atom stereocenters. The van der Waals surface area contributed by atoms with Crippen LogP contribution < -0.4 is 23.7 Å². The molecule has 1 aromatic heterocycles. The molecule has 8 nitrogen and oxygen atoms in total. The predicted molar refractivity (Wildman–Crippen MR) is 132 cm³/mol. The molecule has 5 rings (SSSR count). The van der Waals surface area contributed by atoms with Crippen molar-refractivity contribution in [3.8, 4) is 28.7 Å². The Hall–Kier alpha value is -4.46. The monoisotopic (exact) mass is 472 g/mol. The maximum atomic E-state index is 13.9. The van der Waals surface area contributed by atoms with Gasteiger partial charge in [0.15, 0.2) is 28.8 Å².